The Morgan fingerprint density at radius 1 is 1.21 bits per heavy atom. The Bertz CT molecular complexity index is 492. The summed E-state index contributed by atoms with van der Waals surface area (Å²) in [7, 11) is 1.71. The Hall–Kier alpha value is -1.18. The molecule has 0 unspecified atom stereocenters. The van der Waals surface area contributed by atoms with Crippen LogP contribution in [-0.4, -0.2) is 94.2 Å². The number of aliphatic hydroxyl groups is 1. The highest BCUT2D eigenvalue weighted by Gasteiger charge is 2.43. The quantitative estimate of drug-likeness (QED) is 0.639. The highest BCUT2D eigenvalue weighted by atomic mass is 16.4. The summed E-state index contributed by atoms with van der Waals surface area (Å²) in [5.74, 6) is -0.0869. The van der Waals surface area contributed by atoms with E-state index in [2.05, 4.69) is 11.8 Å². The third-order valence-electron chi connectivity index (χ3n) is 5.62. The van der Waals surface area contributed by atoms with E-state index < -0.39 is 12.1 Å². The number of carbonyl (C=O) groups is 2. The van der Waals surface area contributed by atoms with Crippen molar-refractivity contribution in [3.8, 4) is 0 Å². The topological polar surface area (TPSA) is 84.3 Å². The lowest BCUT2D eigenvalue weighted by atomic mass is 10.1. The lowest BCUT2D eigenvalue weighted by Gasteiger charge is -2.31. The van der Waals surface area contributed by atoms with Crippen molar-refractivity contribution in [1.29, 1.82) is 0 Å². The van der Waals surface area contributed by atoms with Crippen molar-refractivity contribution in [2.75, 3.05) is 33.2 Å². The first-order chi connectivity index (χ1) is 11.4. The maximum atomic E-state index is 12.8. The number of hydrogen-bond donors (Lipinski definition) is 2. The standard InChI is InChI=1S/C17H29N3O4/c1-11(12-3-4-12)20(13-5-6-13)16(22)9-19-7-14(15(21)8-19)18(2)10-17(23)24/h11-15,21H,3-10H2,1-2H3,(H,23,24)/t11-,14+,15+/m0/s1. The monoisotopic (exact) mass is 339 g/mol. The van der Waals surface area contributed by atoms with E-state index in [1.807, 2.05) is 4.90 Å². The van der Waals surface area contributed by atoms with Crippen molar-refractivity contribution >= 4 is 11.9 Å². The second-order valence-electron chi connectivity index (χ2n) is 7.75. The van der Waals surface area contributed by atoms with Crippen LogP contribution in [-0.2, 0) is 9.59 Å². The lowest BCUT2D eigenvalue weighted by Crippen LogP contribution is -2.47. The van der Waals surface area contributed by atoms with Crippen LogP contribution >= 0.6 is 0 Å². The van der Waals surface area contributed by atoms with Crippen molar-refractivity contribution in [3.63, 3.8) is 0 Å². The minimum atomic E-state index is -0.905. The molecule has 136 valence electrons. The molecule has 2 N–H and O–H groups in total. The van der Waals surface area contributed by atoms with Crippen LogP contribution in [0.5, 0.6) is 0 Å². The number of carbonyl (C=O) groups excluding carboxylic acids is 1. The molecule has 2 saturated carbocycles. The predicted molar refractivity (Wildman–Crippen MR) is 88.6 cm³/mol. The molecule has 0 spiro atoms. The van der Waals surface area contributed by atoms with E-state index in [4.69, 9.17) is 5.11 Å². The zero-order chi connectivity index (χ0) is 17.4. The van der Waals surface area contributed by atoms with Gasteiger partial charge in [-0.15, -0.1) is 0 Å². The van der Waals surface area contributed by atoms with Gasteiger partial charge in [0.2, 0.25) is 5.91 Å². The second-order valence-corrected chi connectivity index (χ2v) is 7.75. The molecule has 7 nitrogen and oxygen atoms in total. The van der Waals surface area contributed by atoms with Crippen molar-refractivity contribution in [1.82, 2.24) is 14.7 Å². The maximum Gasteiger partial charge on any atom is 0.317 e. The zero-order valence-corrected chi connectivity index (χ0v) is 14.6. The fraction of sp³-hybridized carbons (Fsp3) is 0.882. The highest BCUT2D eigenvalue weighted by Crippen LogP contribution is 2.39. The Balaban J connectivity index is 1.55. The Morgan fingerprint density at radius 2 is 1.88 bits per heavy atom. The van der Waals surface area contributed by atoms with E-state index in [0.717, 1.165) is 12.8 Å². The molecule has 3 rings (SSSR count). The third-order valence-corrected chi connectivity index (χ3v) is 5.62. The number of nitrogens with zero attached hydrogens (tertiary/aromatic N) is 3. The van der Waals surface area contributed by atoms with E-state index in [1.165, 1.54) is 12.8 Å². The van der Waals surface area contributed by atoms with E-state index in [1.54, 1.807) is 11.9 Å². The average molecular weight is 339 g/mol. The van der Waals surface area contributed by atoms with Gasteiger partial charge >= 0.3 is 5.97 Å². The van der Waals surface area contributed by atoms with E-state index >= 15 is 0 Å². The summed E-state index contributed by atoms with van der Waals surface area (Å²) in [6, 6.07) is 0.498. The van der Waals surface area contributed by atoms with Crippen LogP contribution in [0.2, 0.25) is 0 Å². The predicted octanol–water partition coefficient (Wildman–Crippen LogP) is -0.163. The molecule has 7 heteroatoms. The summed E-state index contributed by atoms with van der Waals surface area (Å²) >= 11 is 0. The second kappa shape index (κ2) is 6.98. The molecule has 0 aromatic heterocycles. The molecular formula is C17H29N3O4. The molecule has 1 amide bonds. The summed E-state index contributed by atoms with van der Waals surface area (Å²) in [6.07, 6.45) is 4.05. The smallest absolute Gasteiger partial charge is 0.317 e. The van der Waals surface area contributed by atoms with Gasteiger partial charge < -0.3 is 15.1 Å². The number of likely N-dealkylation sites (tertiary alicyclic amines) is 1. The first kappa shape index (κ1) is 17.6. The molecule has 1 heterocycles. The Kier molecular flexibility index (Phi) is 5.13. The van der Waals surface area contributed by atoms with Gasteiger partial charge in [-0.05, 0) is 45.6 Å². The number of carboxylic acid groups (broad SMARTS) is 1. The molecule has 0 aromatic rings. The fourth-order valence-corrected chi connectivity index (χ4v) is 3.93. The molecule has 3 aliphatic rings. The van der Waals surface area contributed by atoms with Crippen molar-refractivity contribution in [2.45, 2.75) is 56.8 Å². The van der Waals surface area contributed by atoms with E-state index in [-0.39, 0.29) is 18.5 Å². The molecular weight excluding hydrogens is 310 g/mol. The van der Waals surface area contributed by atoms with E-state index in [0.29, 0.717) is 37.6 Å². The molecule has 0 bridgehead atoms. The summed E-state index contributed by atoms with van der Waals surface area (Å²) in [5.41, 5.74) is 0. The number of aliphatic hydroxyl groups excluding tert-OH is 1. The highest BCUT2D eigenvalue weighted by molar-refractivity contribution is 5.79. The third kappa shape index (κ3) is 4.07. The number of rotatable bonds is 8. The van der Waals surface area contributed by atoms with Gasteiger partial charge in [0.25, 0.3) is 0 Å². The minimum absolute atomic E-state index is 0.101. The number of amides is 1. The first-order valence-corrected chi connectivity index (χ1v) is 9.00. The SMILES string of the molecule is C[C@@H](C1CC1)N(C(=O)CN1C[C@@H](O)[C@H](N(C)CC(=O)O)C1)C1CC1. The Labute approximate surface area is 143 Å². The van der Waals surface area contributed by atoms with Crippen molar-refractivity contribution in [3.05, 3.63) is 0 Å². The lowest BCUT2D eigenvalue weighted by molar-refractivity contribution is -0.139. The molecule has 24 heavy (non-hydrogen) atoms. The van der Waals surface area contributed by atoms with Crippen LogP contribution in [0.4, 0.5) is 0 Å². The molecule has 1 aliphatic heterocycles. The van der Waals surface area contributed by atoms with Crippen LogP contribution < -0.4 is 0 Å². The number of carboxylic acids is 1. The molecule has 3 atom stereocenters. The molecule has 0 aromatic carbocycles. The van der Waals surface area contributed by atoms with Crippen LogP contribution in [0.3, 0.4) is 0 Å². The molecule has 2 aliphatic carbocycles. The van der Waals surface area contributed by atoms with Gasteiger partial charge in [-0.3, -0.25) is 19.4 Å². The zero-order valence-electron chi connectivity index (χ0n) is 14.6. The maximum absolute atomic E-state index is 12.8. The van der Waals surface area contributed by atoms with Gasteiger partial charge in [0.15, 0.2) is 0 Å². The summed E-state index contributed by atoms with van der Waals surface area (Å²) in [5, 5.41) is 19.1. The van der Waals surface area contributed by atoms with Crippen LogP contribution in [0, 0.1) is 5.92 Å². The normalized spacial score (nSPS) is 29.0. The van der Waals surface area contributed by atoms with Crippen LogP contribution in [0.15, 0.2) is 0 Å². The largest absolute Gasteiger partial charge is 0.480 e. The van der Waals surface area contributed by atoms with Gasteiger partial charge in [0.1, 0.15) is 0 Å². The number of hydrogen-bond acceptors (Lipinski definition) is 5. The molecule has 1 saturated heterocycles. The molecule has 3 fully saturated rings. The fourth-order valence-electron chi connectivity index (χ4n) is 3.93. The van der Waals surface area contributed by atoms with Gasteiger partial charge in [-0.2, -0.15) is 0 Å². The van der Waals surface area contributed by atoms with Gasteiger partial charge in [0, 0.05) is 31.2 Å². The Morgan fingerprint density at radius 3 is 2.42 bits per heavy atom. The van der Waals surface area contributed by atoms with Crippen LogP contribution in [0.25, 0.3) is 0 Å². The summed E-state index contributed by atoms with van der Waals surface area (Å²) < 4.78 is 0. The van der Waals surface area contributed by atoms with Gasteiger partial charge in [-0.25, -0.2) is 0 Å². The first-order valence-electron chi connectivity index (χ1n) is 9.00. The number of likely N-dealkylation sites (N-methyl/N-ethyl adjacent to an activating group) is 1. The van der Waals surface area contributed by atoms with E-state index in [9.17, 15) is 14.7 Å². The molecule has 0 radical (unpaired) electrons. The minimum Gasteiger partial charge on any atom is -0.480 e. The van der Waals surface area contributed by atoms with Gasteiger partial charge in [-0.1, -0.05) is 0 Å². The van der Waals surface area contributed by atoms with Crippen molar-refractivity contribution < 1.29 is 19.8 Å². The summed E-state index contributed by atoms with van der Waals surface area (Å²) in [6.45, 7) is 3.35. The van der Waals surface area contributed by atoms with Crippen molar-refractivity contribution in [2.24, 2.45) is 5.92 Å². The number of aliphatic carboxylic acids is 1. The van der Waals surface area contributed by atoms with Gasteiger partial charge in [0.05, 0.1) is 19.2 Å². The summed E-state index contributed by atoms with van der Waals surface area (Å²) in [4.78, 5) is 29.4. The van der Waals surface area contributed by atoms with Crippen LogP contribution in [0.1, 0.15) is 32.6 Å². The average Bonchev–Trinajstić information content (AvgIpc) is 3.37. The number of β-amino-alcohol motifs (C(OH)–C–C–N with tert-alkyl or cyclic N) is 1.